The molecule has 0 radical (unpaired) electrons. The second-order valence-corrected chi connectivity index (χ2v) is 8.18. The van der Waals surface area contributed by atoms with Crippen LogP contribution in [-0.2, 0) is 11.2 Å². The SMILES string of the molecule is O=C(Cc1ccccn1)N[C@H]1CC2(CCN(c3ncccn3)CC2)Oc2ccccc21. The molecular formula is C24H25N5O2. The Morgan fingerprint density at radius 3 is 2.52 bits per heavy atom. The van der Waals surface area contributed by atoms with E-state index in [2.05, 4.69) is 25.2 Å². The second-order valence-electron chi connectivity index (χ2n) is 8.18. The van der Waals surface area contributed by atoms with E-state index in [1.807, 2.05) is 48.5 Å². The Balaban J connectivity index is 1.32. The zero-order valence-electron chi connectivity index (χ0n) is 17.3. The van der Waals surface area contributed by atoms with Crippen molar-refractivity contribution in [1.29, 1.82) is 0 Å². The van der Waals surface area contributed by atoms with Crippen molar-refractivity contribution in [3.63, 3.8) is 0 Å². The molecular weight excluding hydrogens is 390 g/mol. The summed E-state index contributed by atoms with van der Waals surface area (Å²) < 4.78 is 6.54. The minimum Gasteiger partial charge on any atom is -0.487 e. The second kappa shape index (κ2) is 8.34. The van der Waals surface area contributed by atoms with Gasteiger partial charge in [0.25, 0.3) is 0 Å². The topological polar surface area (TPSA) is 80.2 Å². The van der Waals surface area contributed by atoms with Crippen molar-refractivity contribution in [3.8, 4) is 5.75 Å². The molecule has 0 unspecified atom stereocenters. The lowest BCUT2D eigenvalue weighted by atomic mass is 9.80. The number of fused-ring (bicyclic) bond motifs is 1. The van der Waals surface area contributed by atoms with E-state index in [4.69, 9.17) is 4.74 Å². The number of ether oxygens (including phenoxy) is 1. The number of para-hydroxylation sites is 1. The molecule has 5 rings (SSSR count). The third kappa shape index (κ3) is 4.21. The summed E-state index contributed by atoms with van der Waals surface area (Å²) in [5, 5.41) is 3.24. The van der Waals surface area contributed by atoms with Crippen LogP contribution in [0.25, 0.3) is 0 Å². The van der Waals surface area contributed by atoms with Crippen molar-refractivity contribution in [2.75, 3.05) is 18.0 Å². The average molecular weight is 415 g/mol. The van der Waals surface area contributed by atoms with Gasteiger partial charge in [0.1, 0.15) is 11.4 Å². The molecule has 1 aromatic carbocycles. The molecule has 158 valence electrons. The summed E-state index contributed by atoms with van der Waals surface area (Å²) in [4.78, 5) is 28.0. The molecule has 1 saturated heterocycles. The summed E-state index contributed by atoms with van der Waals surface area (Å²) in [6, 6.07) is 15.4. The number of anilines is 1. The molecule has 1 fully saturated rings. The number of aromatic nitrogens is 3. The lowest BCUT2D eigenvalue weighted by Crippen LogP contribution is -2.52. The molecule has 2 aromatic heterocycles. The molecule has 7 heteroatoms. The van der Waals surface area contributed by atoms with Gasteiger partial charge in [0.15, 0.2) is 0 Å². The number of piperidine rings is 1. The summed E-state index contributed by atoms with van der Waals surface area (Å²) in [6.45, 7) is 1.64. The van der Waals surface area contributed by atoms with Crippen LogP contribution in [0.3, 0.4) is 0 Å². The van der Waals surface area contributed by atoms with Crippen LogP contribution in [0.1, 0.15) is 36.6 Å². The number of hydrogen-bond acceptors (Lipinski definition) is 6. The van der Waals surface area contributed by atoms with Gasteiger partial charge >= 0.3 is 0 Å². The fourth-order valence-corrected chi connectivity index (χ4v) is 4.53. The van der Waals surface area contributed by atoms with Crippen LogP contribution in [0.5, 0.6) is 5.75 Å². The Morgan fingerprint density at radius 1 is 1.00 bits per heavy atom. The van der Waals surface area contributed by atoms with Crippen LogP contribution >= 0.6 is 0 Å². The summed E-state index contributed by atoms with van der Waals surface area (Å²) in [5.74, 6) is 1.60. The summed E-state index contributed by atoms with van der Waals surface area (Å²) in [7, 11) is 0. The van der Waals surface area contributed by atoms with Gasteiger partial charge < -0.3 is 15.0 Å². The number of carbonyl (C=O) groups excluding carboxylic acids is 1. The first-order valence-electron chi connectivity index (χ1n) is 10.7. The first-order valence-corrected chi connectivity index (χ1v) is 10.7. The molecule has 1 atom stereocenters. The van der Waals surface area contributed by atoms with Crippen LogP contribution in [0, 0.1) is 0 Å². The van der Waals surface area contributed by atoms with Gasteiger partial charge in [-0.3, -0.25) is 9.78 Å². The quantitative estimate of drug-likeness (QED) is 0.705. The average Bonchev–Trinajstić information content (AvgIpc) is 2.81. The van der Waals surface area contributed by atoms with E-state index in [9.17, 15) is 4.79 Å². The zero-order valence-corrected chi connectivity index (χ0v) is 17.3. The molecule has 31 heavy (non-hydrogen) atoms. The molecule has 0 aliphatic carbocycles. The number of pyridine rings is 1. The van der Waals surface area contributed by atoms with Gasteiger partial charge in [-0.2, -0.15) is 0 Å². The van der Waals surface area contributed by atoms with Crippen molar-refractivity contribution < 1.29 is 9.53 Å². The molecule has 1 amide bonds. The van der Waals surface area contributed by atoms with E-state index < -0.39 is 0 Å². The molecule has 1 N–H and O–H groups in total. The number of amides is 1. The molecule has 2 aliphatic heterocycles. The minimum atomic E-state index is -0.303. The van der Waals surface area contributed by atoms with Crippen LogP contribution in [0.4, 0.5) is 5.95 Å². The van der Waals surface area contributed by atoms with Gasteiger partial charge in [0.2, 0.25) is 11.9 Å². The number of rotatable bonds is 4. The van der Waals surface area contributed by atoms with E-state index in [1.165, 1.54) is 0 Å². The minimum absolute atomic E-state index is 0.0225. The summed E-state index contributed by atoms with van der Waals surface area (Å²) in [6.07, 6.45) is 7.98. The van der Waals surface area contributed by atoms with Crippen LogP contribution < -0.4 is 15.0 Å². The normalized spacial score (nSPS) is 19.4. The van der Waals surface area contributed by atoms with Crippen LogP contribution in [0.15, 0.2) is 67.1 Å². The predicted octanol–water partition coefficient (Wildman–Crippen LogP) is 3.09. The number of nitrogens with one attached hydrogen (secondary N) is 1. The maximum absolute atomic E-state index is 12.8. The van der Waals surface area contributed by atoms with Crippen LogP contribution in [0.2, 0.25) is 0 Å². The molecule has 2 aliphatic rings. The van der Waals surface area contributed by atoms with Gasteiger partial charge in [0.05, 0.1) is 12.5 Å². The summed E-state index contributed by atoms with van der Waals surface area (Å²) in [5.41, 5.74) is 1.50. The maximum atomic E-state index is 12.8. The monoisotopic (exact) mass is 415 g/mol. The Hall–Kier alpha value is -3.48. The molecule has 4 heterocycles. The third-order valence-electron chi connectivity index (χ3n) is 6.11. The molecule has 0 bridgehead atoms. The van der Waals surface area contributed by atoms with Crippen molar-refractivity contribution in [1.82, 2.24) is 20.3 Å². The highest BCUT2D eigenvalue weighted by Crippen LogP contribution is 2.44. The largest absolute Gasteiger partial charge is 0.487 e. The highest BCUT2D eigenvalue weighted by molar-refractivity contribution is 5.78. The number of hydrogen-bond donors (Lipinski definition) is 1. The van der Waals surface area contributed by atoms with Crippen molar-refractivity contribution >= 4 is 11.9 Å². The van der Waals surface area contributed by atoms with E-state index in [-0.39, 0.29) is 24.0 Å². The number of benzene rings is 1. The van der Waals surface area contributed by atoms with E-state index in [1.54, 1.807) is 18.6 Å². The Labute approximate surface area is 181 Å². The molecule has 3 aromatic rings. The fourth-order valence-electron chi connectivity index (χ4n) is 4.53. The summed E-state index contributed by atoms with van der Waals surface area (Å²) >= 11 is 0. The predicted molar refractivity (Wildman–Crippen MR) is 117 cm³/mol. The number of carbonyl (C=O) groups is 1. The number of nitrogens with zero attached hydrogens (tertiary/aromatic N) is 4. The van der Waals surface area contributed by atoms with Crippen molar-refractivity contribution in [2.45, 2.75) is 37.3 Å². The fraction of sp³-hybridized carbons (Fsp3) is 0.333. The molecule has 7 nitrogen and oxygen atoms in total. The zero-order chi connectivity index (χ0) is 21.1. The lowest BCUT2D eigenvalue weighted by molar-refractivity contribution is -0.122. The third-order valence-corrected chi connectivity index (χ3v) is 6.11. The smallest absolute Gasteiger partial charge is 0.226 e. The van der Waals surface area contributed by atoms with E-state index in [0.717, 1.165) is 55.3 Å². The van der Waals surface area contributed by atoms with E-state index >= 15 is 0 Å². The van der Waals surface area contributed by atoms with Crippen LogP contribution in [-0.4, -0.2) is 39.5 Å². The Bertz CT molecular complexity index is 1040. The van der Waals surface area contributed by atoms with Crippen molar-refractivity contribution in [3.05, 3.63) is 78.4 Å². The maximum Gasteiger partial charge on any atom is 0.226 e. The first-order chi connectivity index (χ1) is 15.2. The first kappa shape index (κ1) is 19.5. The standard InChI is InChI=1S/C24H25N5O2/c30-22(16-18-6-3-4-11-25-18)28-20-17-24(31-21-8-2-1-7-19(20)21)9-14-29(15-10-24)23-26-12-5-13-27-23/h1-8,11-13,20H,9-10,14-17H2,(H,28,30)/t20-/m0/s1. The van der Waals surface area contributed by atoms with Gasteiger partial charge in [-0.25, -0.2) is 9.97 Å². The van der Waals surface area contributed by atoms with Gasteiger partial charge in [-0.15, -0.1) is 0 Å². The van der Waals surface area contributed by atoms with E-state index in [0.29, 0.717) is 0 Å². The van der Waals surface area contributed by atoms with Crippen molar-refractivity contribution in [2.24, 2.45) is 0 Å². The van der Waals surface area contributed by atoms with Gasteiger partial charge in [-0.05, 0) is 24.3 Å². The van der Waals surface area contributed by atoms with Gasteiger partial charge in [-0.1, -0.05) is 24.3 Å². The lowest BCUT2D eigenvalue weighted by Gasteiger charge is -2.47. The molecule has 1 spiro atoms. The highest BCUT2D eigenvalue weighted by atomic mass is 16.5. The Morgan fingerprint density at radius 2 is 1.74 bits per heavy atom. The Kier molecular flexibility index (Phi) is 5.24. The van der Waals surface area contributed by atoms with Gasteiger partial charge in [0, 0.05) is 62.2 Å². The highest BCUT2D eigenvalue weighted by Gasteiger charge is 2.44. The molecule has 0 saturated carbocycles.